The maximum Gasteiger partial charge on any atom is 0.238 e. The fraction of sp³-hybridized carbons (Fsp3) is 0.533. The van der Waals surface area contributed by atoms with E-state index in [9.17, 15) is 4.79 Å². The average molecular weight is 261 g/mol. The third-order valence-electron chi connectivity index (χ3n) is 3.46. The number of benzene rings is 1. The zero-order chi connectivity index (χ0) is 13.8. The number of carbonyl (C=O) groups is 1. The van der Waals surface area contributed by atoms with Gasteiger partial charge in [0.2, 0.25) is 5.91 Å². The molecule has 0 heterocycles. The second-order valence-electron chi connectivity index (χ2n) is 5.32. The Morgan fingerprint density at radius 3 is 2.84 bits per heavy atom. The molecule has 0 aliphatic heterocycles. The minimum absolute atomic E-state index is 0.0500. The smallest absolute Gasteiger partial charge is 0.238 e. The van der Waals surface area contributed by atoms with E-state index in [0.717, 1.165) is 24.2 Å². The van der Waals surface area contributed by atoms with Crippen LogP contribution in [0.3, 0.4) is 0 Å². The maximum atomic E-state index is 12.1. The van der Waals surface area contributed by atoms with Gasteiger partial charge in [-0.2, -0.15) is 0 Å². The summed E-state index contributed by atoms with van der Waals surface area (Å²) in [6.07, 6.45) is 3.54. The Bertz CT molecular complexity index is 455. The third kappa shape index (κ3) is 3.96. The van der Waals surface area contributed by atoms with Gasteiger partial charge in [0.05, 0.1) is 6.54 Å². The molecular formula is C15H23N3O. The molecule has 0 bridgehead atoms. The van der Waals surface area contributed by atoms with Gasteiger partial charge >= 0.3 is 0 Å². The quantitative estimate of drug-likeness (QED) is 0.773. The van der Waals surface area contributed by atoms with Crippen LogP contribution in [-0.2, 0) is 4.79 Å². The van der Waals surface area contributed by atoms with Gasteiger partial charge in [-0.15, -0.1) is 0 Å². The molecular weight excluding hydrogens is 238 g/mol. The molecule has 1 aliphatic rings. The van der Waals surface area contributed by atoms with E-state index in [-0.39, 0.29) is 5.91 Å². The van der Waals surface area contributed by atoms with Crippen LogP contribution in [0.15, 0.2) is 18.2 Å². The molecule has 0 radical (unpaired) electrons. The van der Waals surface area contributed by atoms with Crippen molar-refractivity contribution in [2.45, 2.75) is 39.2 Å². The van der Waals surface area contributed by atoms with E-state index < -0.39 is 0 Å². The van der Waals surface area contributed by atoms with Crippen molar-refractivity contribution in [1.29, 1.82) is 0 Å². The number of amides is 1. The summed E-state index contributed by atoms with van der Waals surface area (Å²) in [5, 5.41) is 2.96. The highest BCUT2D eigenvalue weighted by Crippen LogP contribution is 2.26. The first-order chi connectivity index (χ1) is 9.10. The molecule has 0 saturated heterocycles. The molecule has 1 amide bonds. The molecule has 1 aromatic rings. The monoisotopic (exact) mass is 261 g/mol. The molecule has 3 N–H and O–H groups in total. The van der Waals surface area contributed by atoms with Crippen LogP contribution in [0.25, 0.3) is 0 Å². The second-order valence-corrected chi connectivity index (χ2v) is 5.32. The summed E-state index contributed by atoms with van der Waals surface area (Å²) < 4.78 is 0. The molecule has 0 spiro atoms. The SMILES string of the molecule is CCCN(CC(=O)Nc1cc(N)ccc1C)C1CC1. The first kappa shape index (κ1) is 13.9. The fourth-order valence-electron chi connectivity index (χ4n) is 2.27. The van der Waals surface area contributed by atoms with Crippen LogP contribution in [0.1, 0.15) is 31.7 Å². The van der Waals surface area contributed by atoms with Crippen LogP contribution < -0.4 is 11.1 Å². The molecule has 0 atom stereocenters. The van der Waals surface area contributed by atoms with Crippen molar-refractivity contribution < 1.29 is 4.79 Å². The predicted octanol–water partition coefficient (Wildman–Crippen LogP) is 2.39. The summed E-state index contributed by atoms with van der Waals surface area (Å²) in [5.74, 6) is 0.0500. The lowest BCUT2D eigenvalue weighted by atomic mass is 10.2. The zero-order valence-electron chi connectivity index (χ0n) is 11.8. The molecule has 1 saturated carbocycles. The fourth-order valence-corrected chi connectivity index (χ4v) is 2.27. The van der Waals surface area contributed by atoms with Crippen molar-refractivity contribution in [3.63, 3.8) is 0 Å². The Kier molecular flexibility index (Phi) is 4.43. The number of hydrogen-bond acceptors (Lipinski definition) is 3. The highest BCUT2D eigenvalue weighted by molar-refractivity contribution is 5.93. The summed E-state index contributed by atoms with van der Waals surface area (Å²) in [6.45, 7) is 5.59. The number of aryl methyl sites for hydroxylation is 1. The van der Waals surface area contributed by atoms with Crippen LogP contribution in [0, 0.1) is 6.92 Å². The van der Waals surface area contributed by atoms with Crippen molar-refractivity contribution in [2.75, 3.05) is 24.1 Å². The molecule has 1 aliphatic carbocycles. The summed E-state index contributed by atoms with van der Waals surface area (Å²) >= 11 is 0. The van der Waals surface area contributed by atoms with Gasteiger partial charge in [0.1, 0.15) is 0 Å². The number of nitrogens with one attached hydrogen (secondary N) is 1. The van der Waals surface area contributed by atoms with Crippen molar-refractivity contribution >= 4 is 17.3 Å². The third-order valence-corrected chi connectivity index (χ3v) is 3.46. The number of nitrogens with two attached hydrogens (primary N) is 1. The van der Waals surface area contributed by atoms with Crippen LogP contribution in [0.4, 0.5) is 11.4 Å². The van der Waals surface area contributed by atoms with Gasteiger partial charge in [-0.05, 0) is 50.4 Å². The van der Waals surface area contributed by atoms with Crippen LogP contribution in [-0.4, -0.2) is 29.9 Å². The Labute approximate surface area is 115 Å². The van der Waals surface area contributed by atoms with E-state index in [1.165, 1.54) is 12.8 Å². The van der Waals surface area contributed by atoms with Gasteiger partial charge in [0.15, 0.2) is 0 Å². The topological polar surface area (TPSA) is 58.4 Å². The zero-order valence-corrected chi connectivity index (χ0v) is 11.8. The summed E-state index contributed by atoms with van der Waals surface area (Å²) in [5.41, 5.74) is 8.28. The number of carbonyl (C=O) groups excluding carboxylic acids is 1. The van der Waals surface area contributed by atoms with Crippen LogP contribution in [0.5, 0.6) is 0 Å². The molecule has 0 aromatic heterocycles. The molecule has 19 heavy (non-hydrogen) atoms. The summed E-state index contributed by atoms with van der Waals surface area (Å²) in [6, 6.07) is 6.20. The molecule has 2 rings (SSSR count). The average Bonchev–Trinajstić information content (AvgIpc) is 3.17. The molecule has 1 aromatic carbocycles. The Hall–Kier alpha value is -1.55. The van der Waals surface area contributed by atoms with Crippen molar-refractivity contribution in [1.82, 2.24) is 4.90 Å². The van der Waals surface area contributed by atoms with E-state index in [4.69, 9.17) is 5.73 Å². The highest BCUT2D eigenvalue weighted by Gasteiger charge is 2.29. The van der Waals surface area contributed by atoms with E-state index in [1.54, 1.807) is 0 Å². The molecule has 0 unspecified atom stereocenters. The number of rotatable bonds is 6. The Balaban J connectivity index is 1.94. The van der Waals surface area contributed by atoms with Gasteiger partial charge in [0.25, 0.3) is 0 Å². The lowest BCUT2D eigenvalue weighted by Gasteiger charge is -2.20. The van der Waals surface area contributed by atoms with E-state index in [2.05, 4.69) is 17.1 Å². The normalized spacial score (nSPS) is 14.7. The molecule has 4 nitrogen and oxygen atoms in total. The van der Waals surface area contributed by atoms with Crippen molar-refractivity contribution in [2.24, 2.45) is 0 Å². The lowest BCUT2D eigenvalue weighted by Crippen LogP contribution is -2.35. The van der Waals surface area contributed by atoms with E-state index >= 15 is 0 Å². The first-order valence-electron chi connectivity index (χ1n) is 7.00. The Morgan fingerprint density at radius 2 is 2.21 bits per heavy atom. The molecule has 104 valence electrons. The number of nitrogens with zero attached hydrogens (tertiary/aromatic N) is 1. The van der Waals surface area contributed by atoms with E-state index in [0.29, 0.717) is 18.3 Å². The number of anilines is 2. The van der Waals surface area contributed by atoms with Gasteiger partial charge < -0.3 is 11.1 Å². The second kappa shape index (κ2) is 6.06. The van der Waals surface area contributed by atoms with Crippen molar-refractivity contribution in [3.05, 3.63) is 23.8 Å². The number of hydrogen-bond donors (Lipinski definition) is 2. The molecule has 1 fully saturated rings. The van der Waals surface area contributed by atoms with Crippen molar-refractivity contribution in [3.8, 4) is 0 Å². The minimum Gasteiger partial charge on any atom is -0.399 e. The minimum atomic E-state index is 0.0500. The summed E-state index contributed by atoms with van der Waals surface area (Å²) in [4.78, 5) is 14.4. The van der Waals surface area contributed by atoms with Gasteiger partial charge in [-0.1, -0.05) is 13.0 Å². The lowest BCUT2D eigenvalue weighted by molar-refractivity contribution is -0.117. The largest absolute Gasteiger partial charge is 0.399 e. The standard InChI is InChI=1S/C15H23N3O/c1-3-8-18(13-6-7-13)10-15(19)17-14-9-12(16)5-4-11(14)2/h4-5,9,13H,3,6-8,10,16H2,1-2H3,(H,17,19). The predicted molar refractivity (Wildman–Crippen MR) is 79.1 cm³/mol. The summed E-state index contributed by atoms with van der Waals surface area (Å²) in [7, 11) is 0. The highest BCUT2D eigenvalue weighted by atomic mass is 16.2. The van der Waals surface area contributed by atoms with Gasteiger partial charge in [-0.25, -0.2) is 0 Å². The van der Waals surface area contributed by atoms with Crippen LogP contribution >= 0.6 is 0 Å². The van der Waals surface area contributed by atoms with Crippen LogP contribution in [0.2, 0.25) is 0 Å². The van der Waals surface area contributed by atoms with Gasteiger partial charge in [0, 0.05) is 17.4 Å². The maximum absolute atomic E-state index is 12.1. The molecule has 4 heteroatoms. The Morgan fingerprint density at radius 1 is 1.47 bits per heavy atom. The first-order valence-corrected chi connectivity index (χ1v) is 7.00. The van der Waals surface area contributed by atoms with Gasteiger partial charge in [-0.3, -0.25) is 9.69 Å². The number of nitrogen functional groups attached to an aromatic ring is 1. The van der Waals surface area contributed by atoms with E-state index in [1.807, 2.05) is 25.1 Å².